The van der Waals surface area contributed by atoms with Crippen molar-refractivity contribution in [2.45, 2.75) is 26.0 Å². The molecule has 0 bridgehead atoms. The molecule has 2 rings (SSSR count). The molecule has 1 aliphatic rings. The molecule has 1 saturated heterocycles. The summed E-state index contributed by atoms with van der Waals surface area (Å²) in [5, 5.41) is 4.01. The van der Waals surface area contributed by atoms with Crippen LogP contribution >= 0.6 is 0 Å². The number of methoxy groups -OCH3 is 2. The molecule has 1 aliphatic heterocycles. The van der Waals surface area contributed by atoms with Gasteiger partial charge in [0.15, 0.2) is 5.76 Å². The van der Waals surface area contributed by atoms with Crippen molar-refractivity contribution in [3.05, 3.63) is 17.5 Å². The van der Waals surface area contributed by atoms with E-state index >= 15 is 0 Å². The minimum absolute atomic E-state index is 0.0240. The van der Waals surface area contributed by atoms with E-state index in [-0.39, 0.29) is 11.9 Å². The molecule has 0 N–H and O–H groups in total. The predicted octanol–water partition coefficient (Wildman–Crippen LogP) is 1.21. The largest absolute Gasteiger partial charge is 0.469 e. The van der Waals surface area contributed by atoms with Crippen LogP contribution in [0.15, 0.2) is 10.6 Å². The Hall–Kier alpha value is -1.40. The fourth-order valence-corrected chi connectivity index (χ4v) is 2.43. The lowest BCUT2D eigenvalue weighted by atomic mass is 9.98. The number of carbonyl (C=O) groups excluding carboxylic acids is 1. The van der Waals surface area contributed by atoms with Crippen molar-refractivity contribution in [2.24, 2.45) is 5.92 Å². The first-order valence-electron chi connectivity index (χ1n) is 6.46. The maximum atomic E-state index is 11.6. The molecule has 6 heteroatoms. The molecule has 0 spiro atoms. The van der Waals surface area contributed by atoms with Gasteiger partial charge in [0.05, 0.1) is 18.7 Å². The van der Waals surface area contributed by atoms with Gasteiger partial charge in [-0.05, 0) is 19.4 Å². The Morgan fingerprint density at radius 3 is 3.16 bits per heavy atom. The number of aromatic nitrogens is 1. The van der Waals surface area contributed by atoms with E-state index < -0.39 is 0 Å². The van der Waals surface area contributed by atoms with Crippen molar-refractivity contribution in [3.63, 3.8) is 0 Å². The molecule has 2 heterocycles. The molecule has 1 atom stereocenters. The van der Waals surface area contributed by atoms with Crippen molar-refractivity contribution in [1.82, 2.24) is 10.1 Å². The van der Waals surface area contributed by atoms with Crippen LogP contribution in [0, 0.1) is 5.92 Å². The van der Waals surface area contributed by atoms with Gasteiger partial charge in [-0.15, -0.1) is 0 Å². The monoisotopic (exact) mass is 268 g/mol. The van der Waals surface area contributed by atoms with Gasteiger partial charge in [0.1, 0.15) is 6.61 Å². The van der Waals surface area contributed by atoms with Crippen molar-refractivity contribution >= 4 is 5.97 Å². The zero-order chi connectivity index (χ0) is 13.7. The Morgan fingerprint density at radius 2 is 2.42 bits per heavy atom. The average molecular weight is 268 g/mol. The van der Waals surface area contributed by atoms with E-state index in [0.717, 1.165) is 37.4 Å². The van der Waals surface area contributed by atoms with Gasteiger partial charge >= 0.3 is 5.97 Å². The second-order valence-corrected chi connectivity index (χ2v) is 4.82. The molecule has 1 aromatic rings. The summed E-state index contributed by atoms with van der Waals surface area (Å²) in [6, 6.07) is 1.89. The van der Waals surface area contributed by atoms with E-state index in [0.29, 0.717) is 13.2 Å². The fourth-order valence-electron chi connectivity index (χ4n) is 2.43. The third-order valence-electron chi connectivity index (χ3n) is 3.32. The summed E-state index contributed by atoms with van der Waals surface area (Å²) in [4.78, 5) is 13.8. The number of carbonyl (C=O) groups is 1. The lowest BCUT2D eigenvalue weighted by molar-refractivity contribution is -0.147. The number of esters is 1. The highest BCUT2D eigenvalue weighted by Crippen LogP contribution is 2.19. The van der Waals surface area contributed by atoms with Gasteiger partial charge in [-0.2, -0.15) is 0 Å². The van der Waals surface area contributed by atoms with Gasteiger partial charge in [0.25, 0.3) is 0 Å². The second kappa shape index (κ2) is 6.68. The number of ether oxygens (including phenoxy) is 2. The summed E-state index contributed by atoms with van der Waals surface area (Å²) in [6.45, 7) is 2.82. The molecular formula is C13H20N2O4. The van der Waals surface area contributed by atoms with Crippen LogP contribution in [0.5, 0.6) is 0 Å². The minimum Gasteiger partial charge on any atom is -0.469 e. The highest BCUT2D eigenvalue weighted by atomic mass is 16.5. The summed E-state index contributed by atoms with van der Waals surface area (Å²) in [5.74, 6) is 0.577. The Labute approximate surface area is 112 Å². The smallest absolute Gasteiger partial charge is 0.309 e. The Morgan fingerprint density at radius 1 is 1.58 bits per heavy atom. The lowest BCUT2D eigenvalue weighted by Gasteiger charge is -2.30. The summed E-state index contributed by atoms with van der Waals surface area (Å²) in [7, 11) is 3.06. The lowest BCUT2D eigenvalue weighted by Crippen LogP contribution is -2.38. The van der Waals surface area contributed by atoms with Crippen molar-refractivity contribution in [2.75, 3.05) is 27.3 Å². The number of hydrogen-bond acceptors (Lipinski definition) is 6. The zero-order valence-electron chi connectivity index (χ0n) is 11.4. The molecule has 0 saturated carbocycles. The Balaban J connectivity index is 1.89. The van der Waals surface area contributed by atoms with Crippen molar-refractivity contribution < 1.29 is 18.8 Å². The predicted molar refractivity (Wildman–Crippen MR) is 67.2 cm³/mol. The molecule has 1 aromatic heterocycles. The van der Waals surface area contributed by atoms with Gasteiger partial charge in [0.2, 0.25) is 0 Å². The first-order valence-corrected chi connectivity index (χ1v) is 6.46. The van der Waals surface area contributed by atoms with Crippen molar-refractivity contribution in [3.8, 4) is 0 Å². The number of piperidine rings is 1. The highest BCUT2D eigenvalue weighted by molar-refractivity contribution is 5.72. The molecule has 19 heavy (non-hydrogen) atoms. The molecule has 1 unspecified atom stereocenters. The van der Waals surface area contributed by atoms with Crippen LogP contribution in [0.25, 0.3) is 0 Å². The van der Waals surface area contributed by atoms with E-state index in [9.17, 15) is 4.79 Å². The van der Waals surface area contributed by atoms with E-state index in [1.165, 1.54) is 7.11 Å². The number of hydrogen-bond donors (Lipinski definition) is 0. The quantitative estimate of drug-likeness (QED) is 0.748. The van der Waals surface area contributed by atoms with Crippen LogP contribution in [0.1, 0.15) is 24.3 Å². The van der Waals surface area contributed by atoms with Crippen LogP contribution in [0.2, 0.25) is 0 Å². The molecule has 6 nitrogen and oxygen atoms in total. The summed E-state index contributed by atoms with van der Waals surface area (Å²) in [6.07, 6.45) is 1.90. The van der Waals surface area contributed by atoms with E-state index in [4.69, 9.17) is 14.0 Å². The van der Waals surface area contributed by atoms with E-state index in [1.54, 1.807) is 7.11 Å². The third kappa shape index (κ3) is 3.78. The summed E-state index contributed by atoms with van der Waals surface area (Å²) >= 11 is 0. The minimum atomic E-state index is -0.120. The Kier molecular flexibility index (Phi) is 4.93. The number of rotatable bonds is 5. The zero-order valence-corrected chi connectivity index (χ0v) is 11.4. The average Bonchev–Trinajstić information content (AvgIpc) is 2.86. The van der Waals surface area contributed by atoms with Crippen LogP contribution in [-0.4, -0.2) is 43.3 Å². The SMILES string of the molecule is COCc1cc(CN2CCCC(C(=O)OC)C2)no1. The van der Waals surface area contributed by atoms with Gasteiger partial charge < -0.3 is 14.0 Å². The standard InChI is InChI=1S/C13H20N2O4/c1-17-9-12-6-11(14-19-12)8-15-5-3-4-10(7-15)13(16)18-2/h6,10H,3-5,7-9H2,1-2H3. The van der Waals surface area contributed by atoms with Gasteiger partial charge in [-0.3, -0.25) is 9.69 Å². The fraction of sp³-hybridized carbons (Fsp3) is 0.692. The molecular weight excluding hydrogens is 248 g/mol. The third-order valence-corrected chi connectivity index (χ3v) is 3.32. The van der Waals surface area contributed by atoms with Crippen LogP contribution in [0.3, 0.4) is 0 Å². The van der Waals surface area contributed by atoms with Gasteiger partial charge in [-0.25, -0.2) is 0 Å². The van der Waals surface area contributed by atoms with E-state index in [2.05, 4.69) is 10.1 Å². The van der Waals surface area contributed by atoms with Crippen LogP contribution < -0.4 is 0 Å². The molecule has 106 valence electrons. The first-order chi connectivity index (χ1) is 9.22. The second-order valence-electron chi connectivity index (χ2n) is 4.82. The molecule has 0 radical (unpaired) electrons. The van der Waals surface area contributed by atoms with E-state index in [1.807, 2.05) is 6.07 Å². The maximum Gasteiger partial charge on any atom is 0.309 e. The molecule has 0 aliphatic carbocycles. The highest BCUT2D eigenvalue weighted by Gasteiger charge is 2.26. The molecule has 0 amide bonds. The topological polar surface area (TPSA) is 64.8 Å². The number of nitrogens with zero attached hydrogens (tertiary/aromatic N) is 2. The molecule has 1 fully saturated rings. The van der Waals surface area contributed by atoms with Crippen LogP contribution in [0.4, 0.5) is 0 Å². The van der Waals surface area contributed by atoms with Gasteiger partial charge in [0, 0.05) is 26.3 Å². The van der Waals surface area contributed by atoms with Crippen molar-refractivity contribution in [1.29, 1.82) is 0 Å². The Bertz CT molecular complexity index is 419. The van der Waals surface area contributed by atoms with Gasteiger partial charge in [-0.1, -0.05) is 5.16 Å². The molecule has 0 aromatic carbocycles. The summed E-state index contributed by atoms with van der Waals surface area (Å²) < 4.78 is 14.9. The van der Waals surface area contributed by atoms with Crippen LogP contribution in [-0.2, 0) is 27.4 Å². The maximum absolute atomic E-state index is 11.6. The normalized spacial score (nSPS) is 20.4. The number of likely N-dealkylation sites (tertiary alicyclic amines) is 1. The first kappa shape index (κ1) is 14.0. The summed E-state index contributed by atoms with van der Waals surface area (Å²) in [5.41, 5.74) is 0.873.